The second-order valence-corrected chi connectivity index (χ2v) is 5.73. The first-order valence-corrected chi connectivity index (χ1v) is 7.22. The highest BCUT2D eigenvalue weighted by atomic mass is 16.5. The minimum absolute atomic E-state index is 0.0522. The van der Waals surface area contributed by atoms with Crippen molar-refractivity contribution in [2.24, 2.45) is 11.8 Å². The van der Waals surface area contributed by atoms with Gasteiger partial charge in [-0.25, -0.2) is 0 Å². The van der Waals surface area contributed by atoms with Crippen molar-refractivity contribution in [2.45, 2.75) is 57.6 Å². The zero-order valence-corrected chi connectivity index (χ0v) is 11.4. The summed E-state index contributed by atoms with van der Waals surface area (Å²) in [6.45, 7) is 2.72. The maximum Gasteiger partial charge on any atom is 0.306 e. The van der Waals surface area contributed by atoms with E-state index in [0.29, 0.717) is 31.3 Å². The van der Waals surface area contributed by atoms with Crippen molar-refractivity contribution in [3.05, 3.63) is 0 Å². The quantitative estimate of drug-likeness (QED) is 0.767. The van der Waals surface area contributed by atoms with Gasteiger partial charge in [-0.2, -0.15) is 0 Å². The molecule has 0 aromatic heterocycles. The SMILES string of the molecule is CCOC1CC(CC(=O)NC2CCC(C(=O)O)C2)C1. The van der Waals surface area contributed by atoms with Crippen molar-refractivity contribution in [3.63, 3.8) is 0 Å². The third-order valence-electron chi connectivity index (χ3n) is 4.22. The Morgan fingerprint density at radius 1 is 1.26 bits per heavy atom. The molecule has 2 fully saturated rings. The first-order chi connectivity index (χ1) is 9.08. The van der Waals surface area contributed by atoms with E-state index in [2.05, 4.69) is 5.32 Å². The minimum Gasteiger partial charge on any atom is -0.481 e. The molecule has 5 heteroatoms. The maximum atomic E-state index is 11.8. The first-order valence-electron chi connectivity index (χ1n) is 7.22. The van der Waals surface area contributed by atoms with Crippen LogP contribution in [0.2, 0.25) is 0 Å². The number of carbonyl (C=O) groups is 2. The van der Waals surface area contributed by atoms with Gasteiger partial charge in [-0.1, -0.05) is 0 Å². The van der Waals surface area contributed by atoms with Crippen LogP contribution in [0.5, 0.6) is 0 Å². The van der Waals surface area contributed by atoms with Crippen LogP contribution >= 0.6 is 0 Å². The summed E-state index contributed by atoms with van der Waals surface area (Å²) in [6.07, 6.45) is 4.88. The fourth-order valence-electron chi connectivity index (χ4n) is 3.10. The van der Waals surface area contributed by atoms with Gasteiger partial charge in [0.2, 0.25) is 5.91 Å². The van der Waals surface area contributed by atoms with E-state index in [4.69, 9.17) is 9.84 Å². The molecular formula is C14H23NO4. The number of rotatable bonds is 6. The number of carbonyl (C=O) groups excluding carboxylic acids is 1. The van der Waals surface area contributed by atoms with Crippen LogP contribution in [-0.2, 0) is 14.3 Å². The number of nitrogens with one attached hydrogen (secondary N) is 1. The standard InChI is InChI=1S/C14H23NO4/c1-2-19-12-5-9(6-12)7-13(16)15-11-4-3-10(8-11)14(17)18/h9-12H,2-8H2,1H3,(H,15,16)(H,17,18). The van der Waals surface area contributed by atoms with E-state index in [1.807, 2.05) is 6.92 Å². The van der Waals surface area contributed by atoms with E-state index in [9.17, 15) is 9.59 Å². The second-order valence-electron chi connectivity index (χ2n) is 5.73. The van der Waals surface area contributed by atoms with Crippen molar-refractivity contribution in [3.8, 4) is 0 Å². The molecule has 1 amide bonds. The summed E-state index contributed by atoms with van der Waals surface area (Å²) in [5, 5.41) is 11.9. The highest BCUT2D eigenvalue weighted by Crippen LogP contribution is 2.33. The molecule has 0 aromatic carbocycles. The third-order valence-corrected chi connectivity index (χ3v) is 4.22. The third kappa shape index (κ3) is 3.93. The molecule has 0 heterocycles. The Labute approximate surface area is 113 Å². The molecule has 2 N–H and O–H groups in total. The zero-order chi connectivity index (χ0) is 13.8. The highest BCUT2D eigenvalue weighted by molar-refractivity contribution is 5.77. The Hall–Kier alpha value is -1.10. The Morgan fingerprint density at radius 3 is 2.58 bits per heavy atom. The minimum atomic E-state index is -0.740. The van der Waals surface area contributed by atoms with Crippen molar-refractivity contribution >= 4 is 11.9 Å². The van der Waals surface area contributed by atoms with E-state index in [1.165, 1.54) is 0 Å². The summed E-state index contributed by atoms with van der Waals surface area (Å²) >= 11 is 0. The zero-order valence-electron chi connectivity index (χ0n) is 11.4. The van der Waals surface area contributed by atoms with Crippen molar-refractivity contribution in [2.75, 3.05) is 6.61 Å². The van der Waals surface area contributed by atoms with Crippen LogP contribution in [0.25, 0.3) is 0 Å². The smallest absolute Gasteiger partial charge is 0.306 e. The number of hydrogen-bond acceptors (Lipinski definition) is 3. The molecule has 2 atom stereocenters. The average molecular weight is 269 g/mol. The predicted octanol–water partition coefficient (Wildman–Crippen LogP) is 1.56. The van der Waals surface area contributed by atoms with Gasteiger partial charge >= 0.3 is 5.97 Å². The lowest BCUT2D eigenvalue weighted by atomic mass is 9.80. The number of carboxylic acid groups (broad SMARTS) is 1. The molecule has 2 rings (SSSR count). The normalized spacial score (nSPS) is 33.7. The van der Waals surface area contributed by atoms with E-state index in [0.717, 1.165) is 25.9 Å². The van der Waals surface area contributed by atoms with Crippen molar-refractivity contribution < 1.29 is 19.4 Å². The van der Waals surface area contributed by atoms with E-state index < -0.39 is 5.97 Å². The van der Waals surface area contributed by atoms with E-state index in [-0.39, 0.29) is 17.9 Å². The van der Waals surface area contributed by atoms with E-state index >= 15 is 0 Å². The Balaban J connectivity index is 1.62. The summed E-state index contributed by atoms with van der Waals surface area (Å²) < 4.78 is 5.47. The van der Waals surface area contributed by atoms with Gasteiger partial charge in [0.15, 0.2) is 0 Å². The van der Waals surface area contributed by atoms with Crippen LogP contribution in [0.1, 0.15) is 45.4 Å². The molecular weight excluding hydrogens is 246 g/mol. The maximum absolute atomic E-state index is 11.8. The fraction of sp³-hybridized carbons (Fsp3) is 0.857. The molecule has 2 unspecified atom stereocenters. The van der Waals surface area contributed by atoms with Gasteiger partial charge < -0.3 is 15.2 Å². The Bertz CT molecular complexity index is 338. The van der Waals surface area contributed by atoms with Crippen molar-refractivity contribution in [1.29, 1.82) is 0 Å². The highest BCUT2D eigenvalue weighted by Gasteiger charge is 2.33. The molecule has 0 bridgehead atoms. The Morgan fingerprint density at radius 2 is 2.00 bits per heavy atom. The molecule has 0 spiro atoms. The summed E-state index contributed by atoms with van der Waals surface area (Å²) in [5.41, 5.74) is 0. The molecule has 0 aromatic rings. The fourth-order valence-corrected chi connectivity index (χ4v) is 3.10. The number of ether oxygens (including phenoxy) is 1. The van der Waals surface area contributed by atoms with Gasteiger partial charge in [-0.3, -0.25) is 9.59 Å². The molecule has 5 nitrogen and oxygen atoms in total. The molecule has 2 saturated carbocycles. The topological polar surface area (TPSA) is 75.6 Å². The average Bonchev–Trinajstić information content (AvgIpc) is 2.75. The van der Waals surface area contributed by atoms with Crippen molar-refractivity contribution in [1.82, 2.24) is 5.32 Å². The molecule has 0 saturated heterocycles. The number of aliphatic carboxylic acids is 1. The lowest BCUT2D eigenvalue weighted by Crippen LogP contribution is -2.38. The summed E-state index contributed by atoms with van der Waals surface area (Å²) in [7, 11) is 0. The van der Waals surface area contributed by atoms with Crippen LogP contribution in [0.4, 0.5) is 0 Å². The van der Waals surface area contributed by atoms with Gasteiger partial charge in [0.1, 0.15) is 0 Å². The monoisotopic (exact) mass is 269 g/mol. The summed E-state index contributed by atoms with van der Waals surface area (Å²) in [5.74, 6) is -0.518. The van der Waals surface area contributed by atoms with E-state index in [1.54, 1.807) is 0 Å². The van der Waals surface area contributed by atoms with Gasteiger partial charge in [-0.05, 0) is 44.9 Å². The molecule has 2 aliphatic rings. The van der Waals surface area contributed by atoms with Gasteiger partial charge in [0, 0.05) is 19.1 Å². The second kappa shape index (κ2) is 6.37. The van der Waals surface area contributed by atoms with Gasteiger partial charge in [0.05, 0.1) is 12.0 Å². The van der Waals surface area contributed by atoms with Crippen LogP contribution < -0.4 is 5.32 Å². The number of hydrogen-bond donors (Lipinski definition) is 2. The molecule has 0 radical (unpaired) electrons. The van der Waals surface area contributed by atoms with Gasteiger partial charge in [-0.15, -0.1) is 0 Å². The predicted molar refractivity (Wildman–Crippen MR) is 69.7 cm³/mol. The number of carboxylic acids is 1. The largest absolute Gasteiger partial charge is 0.481 e. The molecule has 0 aliphatic heterocycles. The van der Waals surface area contributed by atoms with Crippen LogP contribution in [-0.4, -0.2) is 35.7 Å². The molecule has 108 valence electrons. The van der Waals surface area contributed by atoms with Crippen LogP contribution in [0.15, 0.2) is 0 Å². The van der Waals surface area contributed by atoms with Crippen LogP contribution in [0, 0.1) is 11.8 Å². The summed E-state index contributed by atoms with van der Waals surface area (Å²) in [4.78, 5) is 22.7. The summed E-state index contributed by atoms with van der Waals surface area (Å²) in [6, 6.07) is 0.0522. The van der Waals surface area contributed by atoms with Gasteiger partial charge in [0.25, 0.3) is 0 Å². The molecule has 19 heavy (non-hydrogen) atoms. The number of amides is 1. The lowest BCUT2D eigenvalue weighted by molar-refractivity contribution is -0.141. The Kier molecular flexibility index (Phi) is 4.80. The van der Waals surface area contributed by atoms with Crippen LogP contribution in [0.3, 0.4) is 0 Å². The first kappa shape index (κ1) is 14.3. The molecule has 2 aliphatic carbocycles. The lowest BCUT2D eigenvalue weighted by Gasteiger charge is -2.34.